The Morgan fingerprint density at radius 3 is 2.45 bits per heavy atom. The number of nitrogens with zero attached hydrogens (tertiary/aromatic N) is 3. The molecular formula is C27H32N4O5S2. The molecule has 0 spiro atoms. The van der Waals surface area contributed by atoms with Crippen LogP contribution in [0.3, 0.4) is 0 Å². The van der Waals surface area contributed by atoms with E-state index in [2.05, 4.69) is 15.5 Å². The minimum Gasteiger partial charge on any atom is -0.465 e. The average Bonchev–Trinajstić information content (AvgIpc) is 3.45. The van der Waals surface area contributed by atoms with Crippen LogP contribution in [0.5, 0.6) is 0 Å². The fourth-order valence-electron chi connectivity index (χ4n) is 4.56. The van der Waals surface area contributed by atoms with Gasteiger partial charge in [-0.3, -0.25) is 9.36 Å². The summed E-state index contributed by atoms with van der Waals surface area (Å²) in [7, 11) is 1.34. The average molecular weight is 557 g/mol. The van der Waals surface area contributed by atoms with Crippen LogP contribution >= 0.6 is 23.1 Å². The molecule has 3 aromatic rings. The molecule has 11 heteroatoms. The van der Waals surface area contributed by atoms with E-state index < -0.39 is 23.9 Å². The van der Waals surface area contributed by atoms with Crippen molar-refractivity contribution in [2.24, 2.45) is 0 Å². The Hall–Kier alpha value is -3.18. The first-order valence-corrected chi connectivity index (χ1v) is 14.7. The van der Waals surface area contributed by atoms with E-state index in [0.717, 1.165) is 65.6 Å². The maximum Gasteiger partial charge on any atom is 0.341 e. The summed E-state index contributed by atoms with van der Waals surface area (Å²) < 4.78 is 12.5. The lowest BCUT2D eigenvalue weighted by Gasteiger charge is -2.16. The number of aryl methyl sites for hydroxylation is 2. The Balaban J connectivity index is 1.49. The maximum absolute atomic E-state index is 13.2. The molecule has 1 amide bonds. The molecule has 1 aromatic carbocycles. The topological polar surface area (TPSA) is 112 Å². The van der Waals surface area contributed by atoms with Crippen molar-refractivity contribution in [2.45, 2.75) is 70.1 Å². The summed E-state index contributed by atoms with van der Waals surface area (Å²) in [4.78, 5) is 39.9. The van der Waals surface area contributed by atoms with Crippen molar-refractivity contribution in [3.05, 3.63) is 51.7 Å². The third-order valence-electron chi connectivity index (χ3n) is 6.55. The molecule has 4 rings (SSSR count). The van der Waals surface area contributed by atoms with Crippen molar-refractivity contribution in [2.75, 3.05) is 18.7 Å². The Kier molecular flexibility index (Phi) is 9.22. The molecule has 1 aliphatic rings. The van der Waals surface area contributed by atoms with Gasteiger partial charge in [0.05, 0.1) is 18.2 Å². The molecular weight excluding hydrogens is 524 g/mol. The summed E-state index contributed by atoms with van der Waals surface area (Å²) in [6.07, 6.45) is 7.14. The fourth-order valence-corrected chi connectivity index (χ4v) is 6.38. The van der Waals surface area contributed by atoms with Gasteiger partial charge in [-0.15, -0.1) is 21.5 Å². The lowest BCUT2D eigenvalue weighted by atomic mass is 9.96. The van der Waals surface area contributed by atoms with Gasteiger partial charge in [0, 0.05) is 10.6 Å². The monoisotopic (exact) mass is 556 g/mol. The van der Waals surface area contributed by atoms with E-state index in [9.17, 15) is 14.4 Å². The van der Waals surface area contributed by atoms with E-state index in [4.69, 9.17) is 9.47 Å². The number of ether oxygens (including phenoxy) is 2. The molecule has 2 heterocycles. The number of rotatable bonds is 8. The highest BCUT2D eigenvalue weighted by atomic mass is 32.2. The van der Waals surface area contributed by atoms with Crippen LogP contribution < -0.4 is 5.32 Å². The van der Waals surface area contributed by atoms with Crippen LogP contribution in [-0.4, -0.2) is 52.1 Å². The van der Waals surface area contributed by atoms with E-state index in [1.165, 1.54) is 30.2 Å². The second-order valence-corrected chi connectivity index (χ2v) is 10.9. The third kappa shape index (κ3) is 5.94. The smallest absolute Gasteiger partial charge is 0.341 e. The van der Waals surface area contributed by atoms with Crippen LogP contribution in [-0.2, 0) is 27.1 Å². The van der Waals surface area contributed by atoms with Crippen LogP contribution in [0.1, 0.15) is 76.0 Å². The van der Waals surface area contributed by atoms with Gasteiger partial charge in [-0.1, -0.05) is 31.5 Å². The second kappa shape index (κ2) is 12.6. The summed E-state index contributed by atoms with van der Waals surface area (Å²) >= 11 is 2.89. The van der Waals surface area contributed by atoms with Crippen molar-refractivity contribution in [3.63, 3.8) is 0 Å². The van der Waals surface area contributed by atoms with E-state index in [1.54, 1.807) is 31.2 Å². The molecule has 0 saturated carbocycles. The van der Waals surface area contributed by atoms with Gasteiger partial charge in [0.1, 0.15) is 10.8 Å². The Labute approximate surface area is 230 Å². The molecule has 0 saturated heterocycles. The predicted molar refractivity (Wildman–Crippen MR) is 148 cm³/mol. The highest BCUT2D eigenvalue weighted by Crippen LogP contribution is 2.37. The molecule has 1 unspecified atom stereocenters. The van der Waals surface area contributed by atoms with Crippen molar-refractivity contribution in [3.8, 4) is 5.69 Å². The van der Waals surface area contributed by atoms with Gasteiger partial charge in [-0.05, 0) is 75.1 Å². The SMILES string of the molecule is CCC(OC(=O)c1ccc(-n2c(C)nnc2SC)cc1)C(=O)Nc1sc2c(c1C(=O)OC)CCCCCC2. The molecule has 2 aromatic heterocycles. The maximum atomic E-state index is 13.2. The predicted octanol–water partition coefficient (Wildman–Crippen LogP) is 5.38. The molecule has 1 atom stereocenters. The number of benzene rings is 1. The summed E-state index contributed by atoms with van der Waals surface area (Å²) in [6, 6.07) is 6.89. The lowest BCUT2D eigenvalue weighted by molar-refractivity contribution is -0.124. The van der Waals surface area contributed by atoms with E-state index in [1.807, 2.05) is 17.7 Å². The number of carbonyl (C=O) groups is 3. The number of carbonyl (C=O) groups excluding carboxylic acids is 3. The number of methoxy groups -OCH3 is 1. The quantitative estimate of drug-likeness (QED) is 0.291. The van der Waals surface area contributed by atoms with E-state index >= 15 is 0 Å². The first kappa shape index (κ1) is 27.8. The number of hydrogen-bond acceptors (Lipinski definition) is 9. The van der Waals surface area contributed by atoms with Gasteiger partial charge in [-0.2, -0.15) is 0 Å². The number of nitrogens with one attached hydrogen (secondary N) is 1. The van der Waals surface area contributed by atoms with Gasteiger partial charge in [0.2, 0.25) is 0 Å². The molecule has 1 N–H and O–H groups in total. The minimum absolute atomic E-state index is 0.283. The Morgan fingerprint density at radius 2 is 1.79 bits per heavy atom. The number of hydrogen-bond donors (Lipinski definition) is 1. The molecule has 0 radical (unpaired) electrons. The lowest BCUT2D eigenvalue weighted by Crippen LogP contribution is -2.32. The number of anilines is 1. The number of aromatic nitrogens is 3. The Morgan fingerprint density at radius 1 is 1.08 bits per heavy atom. The number of esters is 2. The molecule has 9 nitrogen and oxygen atoms in total. The van der Waals surface area contributed by atoms with Crippen molar-refractivity contribution in [1.82, 2.24) is 14.8 Å². The van der Waals surface area contributed by atoms with E-state index in [-0.39, 0.29) is 6.42 Å². The number of amides is 1. The Bertz CT molecular complexity index is 1320. The number of thiophene rings is 1. The van der Waals surface area contributed by atoms with Crippen molar-refractivity contribution in [1.29, 1.82) is 0 Å². The zero-order valence-electron chi connectivity index (χ0n) is 22.0. The molecule has 0 fully saturated rings. The highest BCUT2D eigenvalue weighted by Gasteiger charge is 2.29. The summed E-state index contributed by atoms with van der Waals surface area (Å²) in [5, 5.41) is 12.3. The molecule has 1 aliphatic carbocycles. The molecule has 0 bridgehead atoms. The normalized spacial score (nSPS) is 14.1. The van der Waals surface area contributed by atoms with Crippen LogP contribution in [0.15, 0.2) is 29.4 Å². The highest BCUT2D eigenvalue weighted by molar-refractivity contribution is 7.98. The van der Waals surface area contributed by atoms with Crippen LogP contribution in [0, 0.1) is 6.92 Å². The zero-order valence-corrected chi connectivity index (χ0v) is 23.7. The van der Waals surface area contributed by atoms with Crippen LogP contribution in [0.25, 0.3) is 5.69 Å². The second-order valence-electron chi connectivity index (χ2n) is 9.02. The van der Waals surface area contributed by atoms with E-state index in [0.29, 0.717) is 16.1 Å². The molecule has 0 aliphatic heterocycles. The van der Waals surface area contributed by atoms with Gasteiger partial charge in [-0.25, -0.2) is 9.59 Å². The first-order valence-electron chi connectivity index (χ1n) is 12.7. The molecule has 38 heavy (non-hydrogen) atoms. The fraction of sp³-hybridized carbons (Fsp3) is 0.444. The van der Waals surface area contributed by atoms with Gasteiger partial charge in [0.25, 0.3) is 5.91 Å². The zero-order chi connectivity index (χ0) is 27.2. The van der Waals surface area contributed by atoms with Gasteiger partial charge in [0.15, 0.2) is 11.3 Å². The molecule has 202 valence electrons. The summed E-state index contributed by atoms with van der Waals surface area (Å²) in [5.74, 6) is -0.797. The number of thioether (sulfide) groups is 1. The van der Waals surface area contributed by atoms with Crippen LogP contribution in [0.4, 0.5) is 5.00 Å². The van der Waals surface area contributed by atoms with Gasteiger partial charge < -0.3 is 14.8 Å². The van der Waals surface area contributed by atoms with Crippen molar-refractivity contribution < 1.29 is 23.9 Å². The largest absolute Gasteiger partial charge is 0.465 e. The first-order chi connectivity index (χ1) is 18.4. The number of fused-ring (bicyclic) bond motifs is 1. The minimum atomic E-state index is -1.01. The summed E-state index contributed by atoms with van der Waals surface area (Å²) in [5.41, 5.74) is 2.54. The standard InChI is InChI=1S/C27H32N4O5S2/c1-5-20(36-25(33)17-12-14-18(15-13-17)31-16(2)29-30-27(31)37-4)23(32)28-24-22(26(34)35-3)19-10-8-6-7-9-11-21(19)38-24/h12-15,20H,5-11H2,1-4H3,(H,28,32). The van der Waals surface area contributed by atoms with Gasteiger partial charge >= 0.3 is 11.9 Å². The summed E-state index contributed by atoms with van der Waals surface area (Å²) in [6.45, 7) is 3.63. The van der Waals surface area contributed by atoms with Crippen molar-refractivity contribution >= 4 is 45.9 Å². The van der Waals surface area contributed by atoms with Crippen LogP contribution in [0.2, 0.25) is 0 Å². The third-order valence-corrected chi connectivity index (χ3v) is 8.39.